The molecule has 4 heteroatoms. The van der Waals surface area contributed by atoms with Gasteiger partial charge in [0.05, 0.1) is 13.1 Å². The number of nitrogens with one attached hydrogen (secondary N) is 1. The van der Waals surface area contributed by atoms with Gasteiger partial charge in [0.1, 0.15) is 30.3 Å². The molecular weight excluding hydrogens is 245 g/mol. The van der Waals surface area contributed by atoms with Gasteiger partial charge in [-0.3, -0.25) is 0 Å². The second-order valence-electron chi connectivity index (χ2n) is 5.73. The molecule has 1 aromatic carbocycles. The van der Waals surface area contributed by atoms with Gasteiger partial charge in [-0.15, -0.1) is 0 Å². The summed E-state index contributed by atoms with van der Waals surface area (Å²) in [5.74, 6) is 0.312. The second-order valence-corrected chi connectivity index (χ2v) is 5.73. The Bertz CT molecular complexity index is 386. The normalized spacial score (nSPS) is 19.9. The molecule has 1 aromatic rings. The fraction of sp³-hybridized carbons (Fsp3) is 0.600. The molecule has 0 saturated carbocycles. The van der Waals surface area contributed by atoms with E-state index < -0.39 is 5.60 Å². The van der Waals surface area contributed by atoms with Crippen molar-refractivity contribution in [2.24, 2.45) is 0 Å². The summed E-state index contributed by atoms with van der Waals surface area (Å²) in [6.07, 6.45) is 3.78. The van der Waals surface area contributed by atoms with Crippen LogP contribution in [0.15, 0.2) is 24.3 Å². The number of halogens is 1. The number of quaternary nitrogens is 1. The first kappa shape index (κ1) is 14.3. The van der Waals surface area contributed by atoms with Crippen molar-refractivity contribution >= 4 is 0 Å². The molecule has 0 unspecified atom stereocenters. The van der Waals surface area contributed by atoms with Gasteiger partial charge in [0.15, 0.2) is 0 Å². The number of aliphatic hydroxyl groups is 1. The molecule has 0 amide bonds. The predicted octanol–water partition coefficient (Wildman–Crippen LogP) is 1.02. The smallest absolute Gasteiger partial charge is 0.144 e. The average molecular weight is 268 g/mol. The van der Waals surface area contributed by atoms with Crippen LogP contribution in [0.5, 0.6) is 5.75 Å². The fourth-order valence-electron chi connectivity index (χ4n) is 2.59. The summed E-state index contributed by atoms with van der Waals surface area (Å²) in [6.45, 7) is 5.01. The minimum Gasteiger partial charge on any atom is -0.490 e. The largest absolute Gasteiger partial charge is 0.490 e. The van der Waals surface area contributed by atoms with Crippen molar-refractivity contribution in [1.29, 1.82) is 0 Å². The Hall–Kier alpha value is -1.13. The number of hydrogen-bond acceptors (Lipinski definition) is 2. The number of ether oxygens (including phenoxy) is 1. The van der Waals surface area contributed by atoms with E-state index in [1.54, 1.807) is 19.1 Å². The van der Waals surface area contributed by atoms with Crippen molar-refractivity contribution in [2.75, 3.05) is 26.2 Å². The van der Waals surface area contributed by atoms with Crippen molar-refractivity contribution in [3.05, 3.63) is 30.1 Å². The molecule has 1 atom stereocenters. The van der Waals surface area contributed by atoms with Crippen molar-refractivity contribution in [1.82, 2.24) is 0 Å². The highest BCUT2D eigenvalue weighted by molar-refractivity contribution is 5.22. The van der Waals surface area contributed by atoms with Crippen LogP contribution in [0.3, 0.4) is 0 Å². The van der Waals surface area contributed by atoms with Crippen LogP contribution in [0.4, 0.5) is 4.39 Å². The molecule has 2 rings (SSSR count). The maximum absolute atomic E-state index is 12.8. The Morgan fingerprint density at radius 1 is 1.21 bits per heavy atom. The van der Waals surface area contributed by atoms with Gasteiger partial charge in [-0.25, -0.2) is 4.39 Å². The lowest BCUT2D eigenvalue weighted by atomic mass is 10.0. The van der Waals surface area contributed by atoms with Crippen LogP contribution in [0.25, 0.3) is 0 Å². The molecule has 1 aliphatic rings. The standard InChI is InChI=1S/C15H22FNO2/c1-15(18,11-17-9-3-2-4-10-17)12-19-14-7-5-13(16)6-8-14/h5-8,18H,2-4,9-12H2,1H3/p+1/t15-/m1/s1. The number of benzene rings is 1. The van der Waals surface area contributed by atoms with Crippen LogP contribution < -0.4 is 9.64 Å². The zero-order valence-electron chi connectivity index (χ0n) is 11.5. The topological polar surface area (TPSA) is 33.9 Å². The van der Waals surface area contributed by atoms with Crippen molar-refractivity contribution < 1.29 is 19.1 Å². The summed E-state index contributed by atoms with van der Waals surface area (Å²) in [5.41, 5.74) is -0.846. The van der Waals surface area contributed by atoms with Crippen molar-refractivity contribution in [3.8, 4) is 5.75 Å². The van der Waals surface area contributed by atoms with E-state index in [1.165, 1.54) is 36.3 Å². The van der Waals surface area contributed by atoms with Crippen LogP contribution in [0.1, 0.15) is 26.2 Å². The molecule has 3 nitrogen and oxygen atoms in total. The molecule has 0 bridgehead atoms. The van der Waals surface area contributed by atoms with Gasteiger partial charge in [0.2, 0.25) is 0 Å². The first-order valence-electron chi connectivity index (χ1n) is 6.99. The molecule has 0 radical (unpaired) electrons. The van der Waals surface area contributed by atoms with Crippen LogP contribution in [-0.4, -0.2) is 36.9 Å². The lowest BCUT2D eigenvalue weighted by molar-refractivity contribution is -0.911. The van der Waals surface area contributed by atoms with E-state index in [4.69, 9.17) is 4.74 Å². The quantitative estimate of drug-likeness (QED) is 0.836. The number of rotatable bonds is 5. The number of likely N-dealkylation sites (tertiary alicyclic amines) is 1. The summed E-state index contributed by atoms with van der Waals surface area (Å²) in [7, 11) is 0. The van der Waals surface area contributed by atoms with Gasteiger partial charge in [0, 0.05) is 0 Å². The summed E-state index contributed by atoms with van der Waals surface area (Å²) in [4.78, 5) is 1.44. The van der Waals surface area contributed by atoms with Crippen LogP contribution in [0.2, 0.25) is 0 Å². The SMILES string of the molecule is C[C@](O)(COc1ccc(F)cc1)C[NH+]1CCCCC1. The Morgan fingerprint density at radius 2 is 1.84 bits per heavy atom. The lowest BCUT2D eigenvalue weighted by Gasteiger charge is -2.31. The third-order valence-corrected chi connectivity index (χ3v) is 3.55. The minimum atomic E-state index is -0.846. The molecule has 19 heavy (non-hydrogen) atoms. The summed E-state index contributed by atoms with van der Waals surface area (Å²) in [5, 5.41) is 10.4. The number of hydrogen-bond donors (Lipinski definition) is 2. The van der Waals surface area contributed by atoms with E-state index in [9.17, 15) is 9.50 Å². The molecule has 2 N–H and O–H groups in total. The Labute approximate surface area is 114 Å². The van der Waals surface area contributed by atoms with Gasteiger partial charge in [-0.2, -0.15) is 0 Å². The third kappa shape index (κ3) is 4.80. The van der Waals surface area contributed by atoms with Crippen LogP contribution >= 0.6 is 0 Å². The predicted molar refractivity (Wildman–Crippen MR) is 71.9 cm³/mol. The van der Waals surface area contributed by atoms with E-state index in [0.29, 0.717) is 12.3 Å². The Balaban J connectivity index is 1.81. The Kier molecular flexibility index (Phi) is 4.77. The molecule has 1 saturated heterocycles. The molecule has 0 aromatic heterocycles. The highest BCUT2D eigenvalue weighted by atomic mass is 19.1. The van der Waals surface area contributed by atoms with Gasteiger partial charge in [-0.1, -0.05) is 0 Å². The van der Waals surface area contributed by atoms with Crippen molar-refractivity contribution in [2.45, 2.75) is 31.8 Å². The minimum absolute atomic E-state index is 0.238. The third-order valence-electron chi connectivity index (χ3n) is 3.55. The lowest BCUT2D eigenvalue weighted by Crippen LogP contribution is -3.14. The molecule has 0 aliphatic carbocycles. The van der Waals surface area contributed by atoms with E-state index in [0.717, 1.165) is 13.1 Å². The molecule has 106 valence electrons. The van der Waals surface area contributed by atoms with E-state index in [2.05, 4.69) is 0 Å². The summed E-state index contributed by atoms with van der Waals surface area (Å²) < 4.78 is 18.3. The summed E-state index contributed by atoms with van der Waals surface area (Å²) >= 11 is 0. The monoisotopic (exact) mass is 268 g/mol. The van der Waals surface area contributed by atoms with Crippen LogP contribution in [-0.2, 0) is 0 Å². The zero-order valence-corrected chi connectivity index (χ0v) is 11.5. The average Bonchev–Trinajstić information content (AvgIpc) is 2.39. The molecule has 0 spiro atoms. The van der Waals surface area contributed by atoms with Crippen molar-refractivity contribution in [3.63, 3.8) is 0 Å². The zero-order chi connectivity index (χ0) is 13.7. The van der Waals surface area contributed by atoms with E-state index in [1.807, 2.05) is 0 Å². The van der Waals surface area contributed by atoms with Gasteiger partial charge >= 0.3 is 0 Å². The van der Waals surface area contributed by atoms with Crippen LogP contribution in [0, 0.1) is 5.82 Å². The van der Waals surface area contributed by atoms with Gasteiger partial charge in [-0.05, 0) is 50.5 Å². The first-order chi connectivity index (χ1) is 9.05. The van der Waals surface area contributed by atoms with E-state index >= 15 is 0 Å². The van der Waals surface area contributed by atoms with E-state index in [-0.39, 0.29) is 12.4 Å². The molecular formula is C15H23FNO2+. The maximum atomic E-state index is 12.8. The first-order valence-corrected chi connectivity index (χ1v) is 6.99. The molecule has 1 aliphatic heterocycles. The Morgan fingerprint density at radius 3 is 2.47 bits per heavy atom. The maximum Gasteiger partial charge on any atom is 0.144 e. The van der Waals surface area contributed by atoms with Gasteiger partial charge < -0.3 is 14.7 Å². The highest BCUT2D eigenvalue weighted by Gasteiger charge is 2.29. The molecule has 1 fully saturated rings. The highest BCUT2D eigenvalue weighted by Crippen LogP contribution is 2.13. The molecule has 1 heterocycles. The number of piperidine rings is 1. The summed E-state index contributed by atoms with van der Waals surface area (Å²) in [6, 6.07) is 5.89. The second kappa shape index (κ2) is 6.35. The fourth-order valence-corrected chi connectivity index (χ4v) is 2.59. The van der Waals surface area contributed by atoms with Gasteiger partial charge in [0.25, 0.3) is 0 Å².